The monoisotopic (exact) mass is 358 g/mol. The summed E-state index contributed by atoms with van der Waals surface area (Å²) in [4.78, 5) is 29.9. The number of amides is 1. The van der Waals surface area contributed by atoms with E-state index < -0.39 is 0 Å². The molecule has 1 amide bonds. The quantitative estimate of drug-likeness (QED) is 0.884. The first kappa shape index (κ1) is 17.7. The topological polar surface area (TPSA) is 53.2 Å². The van der Waals surface area contributed by atoms with Crippen molar-refractivity contribution in [2.45, 2.75) is 33.6 Å². The Hall–Kier alpha value is -2.07. The van der Waals surface area contributed by atoms with Gasteiger partial charge in [-0.05, 0) is 30.4 Å². The lowest BCUT2D eigenvalue weighted by atomic mass is 9.78. The molecule has 0 radical (unpaired) electrons. The predicted molar refractivity (Wildman–Crippen MR) is 100 cm³/mol. The molecule has 4 nitrogen and oxygen atoms in total. The summed E-state index contributed by atoms with van der Waals surface area (Å²) in [5.74, 6) is -0.00915. The molecule has 1 aliphatic rings. The lowest BCUT2D eigenvalue weighted by molar-refractivity contribution is 0.0775. The smallest absolute Gasteiger partial charge is 0.261 e. The van der Waals surface area contributed by atoms with Crippen LogP contribution in [0.3, 0.4) is 0 Å². The van der Waals surface area contributed by atoms with Crippen LogP contribution in [0.2, 0.25) is 5.02 Å². The SMILES string of the molecule is Cc1[nH]c(=O)c(C(=O)N2CC(c3ccccc3)C(C)(C)C2)c(C)c1Cl. The maximum absolute atomic E-state index is 13.1. The van der Waals surface area contributed by atoms with Crippen LogP contribution < -0.4 is 5.56 Å². The zero-order valence-electron chi connectivity index (χ0n) is 15.0. The number of carbonyl (C=O) groups excluding carboxylic acids is 1. The molecule has 25 heavy (non-hydrogen) atoms. The summed E-state index contributed by atoms with van der Waals surface area (Å²) < 4.78 is 0. The first-order valence-corrected chi connectivity index (χ1v) is 8.83. The minimum absolute atomic E-state index is 0.0633. The van der Waals surface area contributed by atoms with Crippen molar-refractivity contribution in [1.29, 1.82) is 0 Å². The van der Waals surface area contributed by atoms with Gasteiger partial charge in [0.1, 0.15) is 5.56 Å². The average molecular weight is 359 g/mol. The largest absolute Gasteiger partial charge is 0.337 e. The molecule has 3 rings (SSSR count). The van der Waals surface area contributed by atoms with Crippen molar-refractivity contribution in [3.63, 3.8) is 0 Å². The number of aromatic nitrogens is 1. The highest BCUT2D eigenvalue weighted by Crippen LogP contribution is 2.42. The number of pyridine rings is 1. The van der Waals surface area contributed by atoms with Crippen LogP contribution in [0.25, 0.3) is 0 Å². The number of halogens is 1. The fourth-order valence-electron chi connectivity index (χ4n) is 3.80. The second-order valence-electron chi connectivity index (χ2n) is 7.53. The van der Waals surface area contributed by atoms with Crippen LogP contribution >= 0.6 is 11.6 Å². The molecule has 2 aromatic rings. The van der Waals surface area contributed by atoms with E-state index in [1.165, 1.54) is 5.56 Å². The Kier molecular flexibility index (Phi) is 4.50. The Morgan fingerprint density at radius 2 is 1.88 bits per heavy atom. The van der Waals surface area contributed by atoms with Crippen LogP contribution in [-0.4, -0.2) is 28.9 Å². The molecule has 1 saturated heterocycles. The van der Waals surface area contributed by atoms with E-state index in [1.807, 2.05) is 18.2 Å². The third-order valence-corrected chi connectivity index (χ3v) is 5.78. The molecule has 2 heterocycles. The van der Waals surface area contributed by atoms with Crippen LogP contribution in [-0.2, 0) is 0 Å². The predicted octanol–water partition coefficient (Wildman–Crippen LogP) is 3.91. The zero-order chi connectivity index (χ0) is 18.4. The highest BCUT2D eigenvalue weighted by atomic mass is 35.5. The molecule has 1 atom stereocenters. The number of aryl methyl sites for hydroxylation is 1. The molecule has 0 bridgehead atoms. The fourth-order valence-corrected chi connectivity index (χ4v) is 3.94. The molecule has 1 fully saturated rings. The van der Waals surface area contributed by atoms with Crippen LogP contribution in [0.1, 0.15) is 46.9 Å². The van der Waals surface area contributed by atoms with Gasteiger partial charge in [-0.2, -0.15) is 0 Å². The maximum Gasteiger partial charge on any atom is 0.261 e. The van der Waals surface area contributed by atoms with Crippen molar-refractivity contribution in [2.24, 2.45) is 5.41 Å². The third-order valence-electron chi connectivity index (χ3n) is 5.21. The number of rotatable bonds is 2. The van der Waals surface area contributed by atoms with E-state index in [2.05, 4.69) is 31.0 Å². The Morgan fingerprint density at radius 3 is 2.52 bits per heavy atom. The van der Waals surface area contributed by atoms with Crippen LogP contribution in [0.4, 0.5) is 0 Å². The van der Waals surface area contributed by atoms with Gasteiger partial charge >= 0.3 is 0 Å². The van der Waals surface area contributed by atoms with Crippen molar-refractivity contribution in [3.8, 4) is 0 Å². The second kappa shape index (κ2) is 6.34. The number of nitrogens with one attached hydrogen (secondary N) is 1. The Balaban J connectivity index is 1.96. The number of aromatic amines is 1. The molecule has 1 N–H and O–H groups in total. The van der Waals surface area contributed by atoms with Gasteiger partial charge in [-0.25, -0.2) is 0 Å². The van der Waals surface area contributed by atoms with E-state index in [4.69, 9.17) is 11.6 Å². The highest BCUT2D eigenvalue weighted by Gasteiger charge is 2.42. The minimum atomic E-state index is -0.370. The van der Waals surface area contributed by atoms with E-state index in [1.54, 1.807) is 18.7 Å². The summed E-state index contributed by atoms with van der Waals surface area (Å²) in [7, 11) is 0. The number of carbonyl (C=O) groups is 1. The Morgan fingerprint density at radius 1 is 1.24 bits per heavy atom. The molecule has 1 aromatic heterocycles. The average Bonchev–Trinajstić information content (AvgIpc) is 2.89. The van der Waals surface area contributed by atoms with Crippen LogP contribution in [0, 0.1) is 19.3 Å². The summed E-state index contributed by atoms with van der Waals surface area (Å²) in [5, 5.41) is 0.445. The normalized spacial score (nSPS) is 19.2. The summed E-state index contributed by atoms with van der Waals surface area (Å²) in [5.41, 5.74) is 2.07. The summed E-state index contributed by atoms with van der Waals surface area (Å²) in [6, 6.07) is 10.2. The Labute approximate surface area is 152 Å². The zero-order valence-corrected chi connectivity index (χ0v) is 15.8. The van der Waals surface area contributed by atoms with Crippen LogP contribution in [0.5, 0.6) is 0 Å². The van der Waals surface area contributed by atoms with Gasteiger partial charge in [0.25, 0.3) is 11.5 Å². The van der Waals surface area contributed by atoms with Gasteiger partial charge in [-0.3, -0.25) is 9.59 Å². The van der Waals surface area contributed by atoms with Gasteiger partial charge in [0, 0.05) is 24.7 Å². The molecule has 132 valence electrons. The van der Waals surface area contributed by atoms with E-state index in [9.17, 15) is 9.59 Å². The van der Waals surface area contributed by atoms with E-state index in [-0.39, 0.29) is 28.4 Å². The van der Waals surface area contributed by atoms with Crippen molar-refractivity contribution < 1.29 is 4.79 Å². The first-order valence-electron chi connectivity index (χ1n) is 8.45. The van der Waals surface area contributed by atoms with Gasteiger partial charge in [0.2, 0.25) is 0 Å². The summed E-state index contributed by atoms with van der Waals surface area (Å²) in [6.45, 7) is 8.99. The van der Waals surface area contributed by atoms with Gasteiger partial charge in [-0.15, -0.1) is 0 Å². The summed E-state index contributed by atoms with van der Waals surface area (Å²) >= 11 is 6.25. The van der Waals surface area contributed by atoms with Gasteiger partial charge in [0.15, 0.2) is 0 Å². The Bertz CT molecular complexity index is 871. The van der Waals surface area contributed by atoms with Crippen molar-refractivity contribution in [1.82, 2.24) is 9.88 Å². The molecule has 0 spiro atoms. The van der Waals surface area contributed by atoms with Gasteiger partial charge in [0.05, 0.1) is 5.02 Å². The molecule has 5 heteroatoms. The first-order chi connectivity index (χ1) is 11.7. The molecular formula is C20H23ClN2O2. The molecule has 1 unspecified atom stereocenters. The third kappa shape index (κ3) is 3.11. The lowest BCUT2D eigenvalue weighted by Crippen LogP contribution is -2.35. The number of likely N-dealkylation sites (tertiary alicyclic amines) is 1. The van der Waals surface area contributed by atoms with Gasteiger partial charge in [-0.1, -0.05) is 55.8 Å². The minimum Gasteiger partial charge on any atom is -0.337 e. The van der Waals surface area contributed by atoms with E-state index in [0.717, 1.165) is 0 Å². The number of hydrogen-bond donors (Lipinski definition) is 1. The van der Waals surface area contributed by atoms with Crippen molar-refractivity contribution in [2.75, 3.05) is 13.1 Å². The fraction of sp³-hybridized carbons (Fsp3) is 0.400. The number of H-pyrrole nitrogens is 1. The number of nitrogens with zero attached hydrogens (tertiary/aromatic N) is 1. The lowest BCUT2D eigenvalue weighted by Gasteiger charge is -2.25. The molecule has 1 aliphatic heterocycles. The van der Waals surface area contributed by atoms with Crippen LogP contribution in [0.15, 0.2) is 35.1 Å². The molecule has 1 aromatic carbocycles. The highest BCUT2D eigenvalue weighted by molar-refractivity contribution is 6.32. The molecule has 0 aliphatic carbocycles. The standard InChI is InChI=1S/C20H23ClN2O2/c1-12-16(18(24)22-13(2)17(12)21)19(25)23-10-15(20(3,4)11-23)14-8-6-5-7-9-14/h5-9,15H,10-11H2,1-4H3,(H,22,24). The maximum atomic E-state index is 13.1. The summed E-state index contributed by atoms with van der Waals surface area (Å²) in [6.07, 6.45) is 0. The number of benzene rings is 1. The number of hydrogen-bond acceptors (Lipinski definition) is 2. The molecular weight excluding hydrogens is 336 g/mol. The van der Waals surface area contributed by atoms with Crippen molar-refractivity contribution >= 4 is 17.5 Å². The van der Waals surface area contributed by atoms with Gasteiger partial charge < -0.3 is 9.88 Å². The second-order valence-corrected chi connectivity index (χ2v) is 7.91. The van der Waals surface area contributed by atoms with E-state index in [0.29, 0.717) is 29.4 Å². The van der Waals surface area contributed by atoms with E-state index >= 15 is 0 Å². The molecule has 0 saturated carbocycles. The van der Waals surface area contributed by atoms with Crippen molar-refractivity contribution in [3.05, 3.63) is 68.1 Å².